The van der Waals surface area contributed by atoms with Crippen molar-refractivity contribution in [1.82, 2.24) is 21.7 Å². The first-order valence-electron chi connectivity index (χ1n) is 8.13. The number of rotatable bonds is 5. The van der Waals surface area contributed by atoms with Crippen LogP contribution in [0.3, 0.4) is 0 Å². The molecule has 26 heavy (non-hydrogen) atoms. The van der Waals surface area contributed by atoms with E-state index in [9.17, 15) is 4.79 Å². The highest BCUT2D eigenvalue weighted by Gasteiger charge is 2.32. The molecule has 4 rings (SSSR count). The molecule has 1 fully saturated rings. The predicted octanol–water partition coefficient (Wildman–Crippen LogP) is 1.10. The first-order valence-corrected chi connectivity index (χ1v) is 8.51. The van der Waals surface area contributed by atoms with Gasteiger partial charge in [-0.1, -0.05) is 23.7 Å². The van der Waals surface area contributed by atoms with Crippen molar-refractivity contribution in [2.45, 2.75) is 18.8 Å². The third-order valence-electron chi connectivity index (χ3n) is 4.12. The molecule has 9 heteroatoms. The van der Waals surface area contributed by atoms with Crippen LogP contribution in [0.25, 0.3) is 0 Å². The van der Waals surface area contributed by atoms with Gasteiger partial charge in [0, 0.05) is 17.3 Å². The minimum atomic E-state index is -0.511. The Morgan fingerprint density at radius 2 is 2.04 bits per heavy atom. The number of hydrogen-bond acceptors (Lipinski definition) is 7. The van der Waals surface area contributed by atoms with Gasteiger partial charge in [-0.15, -0.1) is 0 Å². The molecule has 0 bridgehead atoms. The van der Waals surface area contributed by atoms with Crippen LogP contribution in [0.4, 0.5) is 5.69 Å². The van der Waals surface area contributed by atoms with Crippen LogP contribution >= 0.6 is 11.6 Å². The van der Waals surface area contributed by atoms with Gasteiger partial charge >= 0.3 is 0 Å². The minimum Gasteiger partial charge on any atom is -0.454 e. The standard InChI is InChI=1S/C17H18ClN5O3/c18-11-2-1-3-12(7-11)20-16-15(21-23-22-16)17(24)19-8-10-4-5-13-14(6-10)26-9-25-13/h1-7,15-16,20-23H,8-9H2,(H,19,24). The maximum absolute atomic E-state index is 12.5. The fraction of sp³-hybridized carbons (Fsp3) is 0.235. The summed E-state index contributed by atoms with van der Waals surface area (Å²) in [6, 6.07) is 12.4. The maximum Gasteiger partial charge on any atom is 0.242 e. The largest absolute Gasteiger partial charge is 0.454 e. The number of carbonyl (C=O) groups excluding carboxylic acids is 1. The van der Waals surface area contributed by atoms with E-state index in [2.05, 4.69) is 27.0 Å². The number of anilines is 1. The summed E-state index contributed by atoms with van der Waals surface area (Å²) < 4.78 is 10.6. The van der Waals surface area contributed by atoms with Gasteiger partial charge in [-0.25, -0.2) is 10.9 Å². The molecule has 0 radical (unpaired) electrons. The Kier molecular flexibility index (Phi) is 4.81. The highest BCUT2D eigenvalue weighted by atomic mass is 35.5. The van der Waals surface area contributed by atoms with Crippen LogP contribution in [-0.4, -0.2) is 24.9 Å². The Labute approximate surface area is 155 Å². The third kappa shape index (κ3) is 3.68. The number of hydrazine groups is 2. The monoisotopic (exact) mass is 375 g/mol. The van der Waals surface area contributed by atoms with E-state index in [4.69, 9.17) is 21.1 Å². The summed E-state index contributed by atoms with van der Waals surface area (Å²) in [6.45, 7) is 0.614. The van der Waals surface area contributed by atoms with E-state index in [1.807, 2.05) is 30.3 Å². The summed E-state index contributed by atoms with van der Waals surface area (Å²) in [5, 5.41) is 6.77. The molecule has 2 aromatic carbocycles. The second kappa shape index (κ2) is 7.38. The Hall–Kier alpha value is -2.52. The average molecular weight is 376 g/mol. The number of hydrogen-bond donors (Lipinski definition) is 5. The highest BCUT2D eigenvalue weighted by Crippen LogP contribution is 2.32. The van der Waals surface area contributed by atoms with Crippen molar-refractivity contribution in [3.8, 4) is 11.5 Å². The van der Waals surface area contributed by atoms with Gasteiger partial charge in [0.2, 0.25) is 12.7 Å². The van der Waals surface area contributed by atoms with Crippen molar-refractivity contribution in [2.75, 3.05) is 12.1 Å². The summed E-state index contributed by atoms with van der Waals surface area (Å²) in [5.74, 6) is 1.26. The summed E-state index contributed by atoms with van der Waals surface area (Å²) in [6.07, 6.45) is -0.342. The van der Waals surface area contributed by atoms with Crippen molar-refractivity contribution >= 4 is 23.2 Å². The van der Waals surface area contributed by atoms with Gasteiger partial charge in [-0.05, 0) is 35.9 Å². The normalized spacial score (nSPS) is 20.8. The van der Waals surface area contributed by atoms with Crippen LogP contribution in [-0.2, 0) is 11.3 Å². The summed E-state index contributed by atoms with van der Waals surface area (Å²) in [4.78, 5) is 12.5. The van der Waals surface area contributed by atoms with Crippen LogP contribution in [0.5, 0.6) is 11.5 Å². The second-order valence-corrected chi connectivity index (χ2v) is 6.37. The quantitative estimate of drug-likeness (QED) is 0.534. The van der Waals surface area contributed by atoms with Crippen LogP contribution in [0, 0.1) is 0 Å². The van der Waals surface area contributed by atoms with Gasteiger partial charge in [0.15, 0.2) is 11.5 Å². The molecule has 1 amide bonds. The predicted molar refractivity (Wildman–Crippen MR) is 96.5 cm³/mol. The van der Waals surface area contributed by atoms with Crippen molar-refractivity contribution in [2.24, 2.45) is 0 Å². The van der Waals surface area contributed by atoms with Gasteiger partial charge < -0.3 is 20.1 Å². The lowest BCUT2D eigenvalue weighted by molar-refractivity contribution is -0.123. The Bertz CT molecular complexity index is 819. The van der Waals surface area contributed by atoms with Crippen molar-refractivity contribution in [3.05, 3.63) is 53.1 Å². The summed E-state index contributed by atoms with van der Waals surface area (Å²) >= 11 is 6.00. The lowest BCUT2D eigenvalue weighted by Crippen LogP contribution is -2.50. The average Bonchev–Trinajstić information content (AvgIpc) is 3.28. The van der Waals surface area contributed by atoms with Gasteiger partial charge in [-0.2, -0.15) is 5.53 Å². The van der Waals surface area contributed by atoms with E-state index in [1.165, 1.54) is 0 Å². The zero-order valence-electron chi connectivity index (χ0n) is 13.7. The first-order chi connectivity index (χ1) is 12.7. The zero-order valence-corrected chi connectivity index (χ0v) is 14.5. The molecular weight excluding hydrogens is 358 g/mol. The number of carbonyl (C=O) groups is 1. The van der Waals surface area contributed by atoms with E-state index in [0.717, 1.165) is 17.0 Å². The van der Waals surface area contributed by atoms with E-state index >= 15 is 0 Å². The number of ether oxygens (including phenoxy) is 2. The lowest BCUT2D eigenvalue weighted by Gasteiger charge is -2.20. The molecule has 2 aromatic rings. The zero-order chi connectivity index (χ0) is 17.9. The maximum atomic E-state index is 12.5. The number of amides is 1. The number of halogens is 1. The van der Waals surface area contributed by atoms with Crippen molar-refractivity contribution in [3.63, 3.8) is 0 Å². The van der Waals surface area contributed by atoms with Gasteiger partial charge in [0.25, 0.3) is 0 Å². The van der Waals surface area contributed by atoms with E-state index in [1.54, 1.807) is 12.1 Å². The molecule has 2 aliphatic rings. The fourth-order valence-electron chi connectivity index (χ4n) is 2.81. The van der Waals surface area contributed by atoms with E-state index in [-0.39, 0.29) is 18.9 Å². The number of nitrogens with one attached hydrogen (secondary N) is 5. The molecule has 8 nitrogen and oxygen atoms in total. The van der Waals surface area contributed by atoms with Crippen LogP contribution in [0.2, 0.25) is 5.02 Å². The lowest BCUT2D eigenvalue weighted by atomic mass is 10.1. The smallest absolute Gasteiger partial charge is 0.242 e. The van der Waals surface area contributed by atoms with Gasteiger partial charge in [-0.3, -0.25) is 4.79 Å². The van der Waals surface area contributed by atoms with Crippen LogP contribution in [0.15, 0.2) is 42.5 Å². The first kappa shape index (κ1) is 16.9. The Balaban J connectivity index is 1.36. The molecule has 1 saturated heterocycles. The minimum absolute atomic E-state index is 0.153. The van der Waals surface area contributed by atoms with Crippen LogP contribution in [0.1, 0.15) is 5.56 Å². The molecule has 2 unspecified atom stereocenters. The molecular formula is C17H18ClN5O3. The fourth-order valence-corrected chi connectivity index (χ4v) is 3.00. The molecule has 2 heterocycles. The van der Waals surface area contributed by atoms with Crippen molar-refractivity contribution in [1.29, 1.82) is 0 Å². The van der Waals surface area contributed by atoms with E-state index < -0.39 is 6.04 Å². The second-order valence-electron chi connectivity index (χ2n) is 5.93. The topological polar surface area (TPSA) is 95.7 Å². The molecule has 0 spiro atoms. The summed E-state index contributed by atoms with van der Waals surface area (Å²) in [5.41, 5.74) is 10.4. The molecule has 0 saturated carbocycles. The molecule has 136 valence electrons. The highest BCUT2D eigenvalue weighted by molar-refractivity contribution is 6.30. The molecule has 0 aromatic heterocycles. The molecule has 0 aliphatic carbocycles. The molecule has 5 N–H and O–H groups in total. The third-order valence-corrected chi connectivity index (χ3v) is 4.36. The number of benzene rings is 2. The Morgan fingerprint density at radius 3 is 2.92 bits per heavy atom. The van der Waals surface area contributed by atoms with Gasteiger partial charge in [0.05, 0.1) is 0 Å². The summed E-state index contributed by atoms with van der Waals surface area (Å²) in [7, 11) is 0. The molecule has 2 atom stereocenters. The van der Waals surface area contributed by atoms with E-state index in [0.29, 0.717) is 17.3 Å². The van der Waals surface area contributed by atoms with Gasteiger partial charge in [0.1, 0.15) is 12.2 Å². The van der Waals surface area contributed by atoms with Crippen molar-refractivity contribution < 1.29 is 14.3 Å². The Morgan fingerprint density at radius 1 is 1.15 bits per heavy atom. The van der Waals surface area contributed by atoms with Crippen LogP contribution < -0.4 is 36.5 Å². The molecule has 2 aliphatic heterocycles. The SMILES string of the molecule is O=C(NCc1ccc2c(c1)OCO2)C1NNNC1Nc1cccc(Cl)c1. The number of fused-ring (bicyclic) bond motifs is 1.